The van der Waals surface area contributed by atoms with Gasteiger partial charge in [0.25, 0.3) is 5.91 Å². The number of nitrogens with zero attached hydrogens (tertiary/aromatic N) is 1. The van der Waals surface area contributed by atoms with Gasteiger partial charge in [0.05, 0.1) is 4.92 Å². The standard InChI is InChI=1S/C16H15FN2O4/c1-10-4-3-5-13(8-10)18-16(20)11(2)23-15-9-12(17)6-7-14(15)19(21)22/h3-9,11H,1-2H3,(H,18,20). The fourth-order valence-electron chi connectivity index (χ4n) is 1.94. The van der Waals surface area contributed by atoms with Gasteiger partial charge in [-0.15, -0.1) is 0 Å². The zero-order valence-electron chi connectivity index (χ0n) is 12.6. The molecule has 23 heavy (non-hydrogen) atoms. The monoisotopic (exact) mass is 318 g/mol. The van der Waals surface area contributed by atoms with Gasteiger partial charge in [0, 0.05) is 17.8 Å². The van der Waals surface area contributed by atoms with E-state index < -0.39 is 28.4 Å². The van der Waals surface area contributed by atoms with Crippen LogP contribution < -0.4 is 10.1 Å². The molecule has 0 radical (unpaired) electrons. The van der Waals surface area contributed by atoms with Gasteiger partial charge in [-0.2, -0.15) is 0 Å². The Balaban J connectivity index is 2.12. The van der Waals surface area contributed by atoms with E-state index in [1.54, 1.807) is 18.2 Å². The third kappa shape index (κ3) is 4.26. The highest BCUT2D eigenvalue weighted by Crippen LogP contribution is 2.28. The molecule has 1 unspecified atom stereocenters. The van der Waals surface area contributed by atoms with Crippen LogP contribution >= 0.6 is 0 Å². The third-order valence-corrected chi connectivity index (χ3v) is 3.08. The quantitative estimate of drug-likeness (QED) is 0.676. The van der Waals surface area contributed by atoms with E-state index in [4.69, 9.17) is 4.74 Å². The topological polar surface area (TPSA) is 81.5 Å². The Hall–Kier alpha value is -2.96. The summed E-state index contributed by atoms with van der Waals surface area (Å²) in [6.45, 7) is 3.31. The number of carbonyl (C=O) groups is 1. The van der Waals surface area contributed by atoms with E-state index in [9.17, 15) is 19.3 Å². The second kappa shape index (κ2) is 6.87. The summed E-state index contributed by atoms with van der Waals surface area (Å²) in [6, 6.07) is 9.99. The molecule has 1 N–H and O–H groups in total. The van der Waals surface area contributed by atoms with Crippen LogP contribution in [0.3, 0.4) is 0 Å². The highest BCUT2D eigenvalue weighted by molar-refractivity contribution is 5.94. The van der Waals surface area contributed by atoms with Crippen LogP contribution in [-0.4, -0.2) is 16.9 Å². The van der Waals surface area contributed by atoms with Gasteiger partial charge in [-0.3, -0.25) is 14.9 Å². The first kappa shape index (κ1) is 16.4. The number of hydrogen-bond acceptors (Lipinski definition) is 4. The summed E-state index contributed by atoms with van der Waals surface area (Å²) in [7, 11) is 0. The number of halogens is 1. The van der Waals surface area contributed by atoms with Crippen molar-refractivity contribution in [3.8, 4) is 5.75 Å². The van der Waals surface area contributed by atoms with Gasteiger partial charge in [0.1, 0.15) is 5.82 Å². The molecule has 6 nitrogen and oxygen atoms in total. The summed E-state index contributed by atoms with van der Waals surface area (Å²) in [6.07, 6.45) is -1.03. The molecule has 2 aromatic rings. The molecule has 1 atom stereocenters. The lowest BCUT2D eigenvalue weighted by molar-refractivity contribution is -0.386. The number of hydrogen-bond donors (Lipinski definition) is 1. The number of anilines is 1. The second-order valence-electron chi connectivity index (χ2n) is 4.99. The van der Waals surface area contributed by atoms with Crippen molar-refractivity contribution in [2.75, 3.05) is 5.32 Å². The number of benzene rings is 2. The third-order valence-electron chi connectivity index (χ3n) is 3.08. The fourth-order valence-corrected chi connectivity index (χ4v) is 1.94. The maximum Gasteiger partial charge on any atom is 0.311 e. The molecule has 0 aliphatic carbocycles. The minimum Gasteiger partial charge on any atom is -0.474 e. The number of nitro benzene ring substituents is 1. The van der Waals surface area contributed by atoms with Crippen molar-refractivity contribution in [3.63, 3.8) is 0 Å². The van der Waals surface area contributed by atoms with Gasteiger partial charge in [0.15, 0.2) is 6.10 Å². The smallest absolute Gasteiger partial charge is 0.311 e. The van der Waals surface area contributed by atoms with Crippen LogP contribution in [0, 0.1) is 22.9 Å². The summed E-state index contributed by atoms with van der Waals surface area (Å²) in [4.78, 5) is 22.3. The van der Waals surface area contributed by atoms with Crippen LogP contribution in [0.15, 0.2) is 42.5 Å². The number of ether oxygens (including phenoxy) is 1. The van der Waals surface area contributed by atoms with Crippen LogP contribution in [0.1, 0.15) is 12.5 Å². The largest absolute Gasteiger partial charge is 0.474 e. The Morgan fingerprint density at radius 1 is 1.30 bits per heavy atom. The first-order valence-electron chi connectivity index (χ1n) is 6.85. The van der Waals surface area contributed by atoms with Gasteiger partial charge in [-0.05, 0) is 37.6 Å². The van der Waals surface area contributed by atoms with Gasteiger partial charge in [-0.25, -0.2) is 4.39 Å². The summed E-state index contributed by atoms with van der Waals surface area (Å²) in [5.74, 6) is -1.46. The van der Waals surface area contributed by atoms with E-state index in [0.717, 1.165) is 23.8 Å². The van der Waals surface area contributed by atoms with Crippen molar-refractivity contribution in [1.29, 1.82) is 0 Å². The number of nitrogens with one attached hydrogen (secondary N) is 1. The first-order valence-corrected chi connectivity index (χ1v) is 6.85. The molecule has 2 rings (SSSR count). The predicted molar refractivity (Wildman–Crippen MR) is 83.0 cm³/mol. The molecule has 120 valence electrons. The molecule has 0 fully saturated rings. The van der Waals surface area contributed by atoms with Crippen LogP contribution in [-0.2, 0) is 4.79 Å². The molecule has 0 heterocycles. The Morgan fingerprint density at radius 3 is 2.70 bits per heavy atom. The van der Waals surface area contributed by atoms with Gasteiger partial charge in [-0.1, -0.05) is 12.1 Å². The lowest BCUT2D eigenvalue weighted by Gasteiger charge is -2.15. The van der Waals surface area contributed by atoms with Gasteiger partial charge in [0.2, 0.25) is 5.75 Å². The Bertz CT molecular complexity index is 749. The number of aryl methyl sites for hydroxylation is 1. The van der Waals surface area contributed by atoms with E-state index >= 15 is 0 Å². The van der Waals surface area contributed by atoms with Crippen LogP contribution in [0.5, 0.6) is 5.75 Å². The summed E-state index contributed by atoms with van der Waals surface area (Å²) in [5, 5.41) is 13.6. The van der Waals surface area contributed by atoms with E-state index in [0.29, 0.717) is 5.69 Å². The molecule has 2 aromatic carbocycles. The average Bonchev–Trinajstić information content (AvgIpc) is 2.46. The number of amides is 1. The molecule has 1 amide bonds. The normalized spacial score (nSPS) is 11.6. The zero-order valence-corrected chi connectivity index (χ0v) is 12.6. The highest BCUT2D eigenvalue weighted by atomic mass is 19.1. The highest BCUT2D eigenvalue weighted by Gasteiger charge is 2.22. The minimum atomic E-state index is -1.03. The average molecular weight is 318 g/mol. The van der Waals surface area contributed by atoms with Crippen molar-refractivity contribution < 1.29 is 18.8 Å². The van der Waals surface area contributed by atoms with Gasteiger partial charge < -0.3 is 10.1 Å². The SMILES string of the molecule is Cc1cccc(NC(=O)C(C)Oc2cc(F)ccc2[N+](=O)[O-])c1. The van der Waals surface area contributed by atoms with Crippen molar-refractivity contribution in [3.05, 3.63) is 64.0 Å². The van der Waals surface area contributed by atoms with E-state index in [1.165, 1.54) is 6.92 Å². The Labute approximate surface area is 132 Å². The lowest BCUT2D eigenvalue weighted by atomic mass is 10.2. The molecule has 0 saturated heterocycles. The van der Waals surface area contributed by atoms with E-state index in [2.05, 4.69) is 5.32 Å². The molecular formula is C16H15FN2O4. The van der Waals surface area contributed by atoms with Crippen molar-refractivity contribution in [1.82, 2.24) is 0 Å². The summed E-state index contributed by atoms with van der Waals surface area (Å²) in [5.41, 5.74) is 1.15. The molecule has 0 saturated carbocycles. The molecule has 7 heteroatoms. The number of rotatable bonds is 5. The van der Waals surface area contributed by atoms with Crippen molar-refractivity contribution in [2.45, 2.75) is 20.0 Å². The maximum atomic E-state index is 13.3. The Kier molecular flexibility index (Phi) is 4.90. The first-order chi connectivity index (χ1) is 10.9. The van der Waals surface area contributed by atoms with Gasteiger partial charge >= 0.3 is 5.69 Å². The van der Waals surface area contributed by atoms with Crippen LogP contribution in [0.25, 0.3) is 0 Å². The van der Waals surface area contributed by atoms with E-state index in [-0.39, 0.29) is 5.75 Å². The maximum absolute atomic E-state index is 13.3. The number of carbonyl (C=O) groups excluding carboxylic acids is 1. The molecular weight excluding hydrogens is 303 g/mol. The predicted octanol–water partition coefficient (Wildman–Crippen LogP) is 3.45. The molecule has 0 spiro atoms. The molecule has 0 aliphatic heterocycles. The van der Waals surface area contributed by atoms with Crippen molar-refractivity contribution >= 4 is 17.3 Å². The molecule has 0 aromatic heterocycles. The van der Waals surface area contributed by atoms with E-state index in [1.807, 2.05) is 13.0 Å². The van der Waals surface area contributed by atoms with Crippen LogP contribution in [0.2, 0.25) is 0 Å². The number of nitro groups is 1. The van der Waals surface area contributed by atoms with Crippen LogP contribution in [0.4, 0.5) is 15.8 Å². The lowest BCUT2D eigenvalue weighted by Crippen LogP contribution is -2.30. The second-order valence-corrected chi connectivity index (χ2v) is 4.99. The summed E-state index contributed by atoms with van der Waals surface area (Å²) >= 11 is 0. The summed E-state index contributed by atoms with van der Waals surface area (Å²) < 4.78 is 18.5. The molecule has 0 bridgehead atoms. The fraction of sp³-hybridized carbons (Fsp3) is 0.188. The van der Waals surface area contributed by atoms with Crippen molar-refractivity contribution in [2.24, 2.45) is 0 Å². The molecule has 0 aliphatic rings. The zero-order chi connectivity index (χ0) is 17.0. The minimum absolute atomic E-state index is 0.290. The Morgan fingerprint density at radius 2 is 2.04 bits per heavy atom.